The van der Waals surface area contributed by atoms with Crippen LogP contribution in [0.1, 0.15) is 185 Å². The largest absolute Gasteiger partial charge is 0.594 e. The Bertz CT molecular complexity index is 2950. The number of azo groups is 1. The maximum absolute atomic E-state index is 13.8. The molecule has 19 heteroatoms. The summed E-state index contributed by atoms with van der Waals surface area (Å²) in [5.41, 5.74) is 0.133. The predicted molar refractivity (Wildman–Crippen MR) is 334 cm³/mol. The Balaban J connectivity index is 1.05. The minimum atomic E-state index is -0.827. The first kappa shape index (κ1) is 69.9. The lowest BCUT2D eigenvalue weighted by atomic mass is 10.0. The molecule has 0 heterocycles. The van der Waals surface area contributed by atoms with Crippen LogP contribution in [-0.2, 0) is 23.8 Å². The van der Waals surface area contributed by atoms with Crippen molar-refractivity contribution in [1.29, 1.82) is 0 Å². The summed E-state index contributed by atoms with van der Waals surface area (Å²) >= 11 is 0. The van der Waals surface area contributed by atoms with Gasteiger partial charge >= 0.3 is 29.8 Å². The minimum Gasteiger partial charge on any atom is -0.594 e. The number of unbranched alkanes of at least 4 members (excludes halogenated alkanes) is 21. The number of ether oxygens (including phenoxy) is 8. The van der Waals surface area contributed by atoms with Gasteiger partial charge in [0, 0.05) is 41.5 Å². The predicted octanol–water partition coefficient (Wildman–Crippen LogP) is 16.8. The van der Waals surface area contributed by atoms with E-state index in [9.17, 15) is 39.3 Å². The molecule has 0 aliphatic carbocycles. The Hall–Kier alpha value is -8.87. The summed E-state index contributed by atoms with van der Waals surface area (Å²) in [6, 6.07) is 29.1. The highest BCUT2D eigenvalue weighted by Gasteiger charge is 2.24. The highest BCUT2D eigenvalue weighted by molar-refractivity contribution is 6.06. The Morgan fingerprint density at radius 1 is 0.375 bits per heavy atom. The number of hydrogen-bond donors (Lipinski definition) is 0. The summed E-state index contributed by atoms with van der Waals surface area (Å²) in [6.07, 6.45) is 26.8. The summed E-state index contributed by atoms with van der Waals surface area (Å²) in [5, 5.41) is 27.4. The normalized spacial score (nSPS) is 11.0. The number of hydrogen-bond acceptors (Lipinski definition) is 17. The van der Waals surface area contributed by atoms with Gasteiger partial charge in [-0.1, -0.05) is 121 Å². The van der Waals surface area contributed by atoms with Gasteiger partial charge in [0.2, 0.25) is 5.69 Å². The minimum absolute atomic E-state index is 0.0155. The van der Waals surface area contributed by atoms with Crippen LogP contribution in [0.25, 0.3) is 0 Å². The zero-order valence-corrected chi connectivity index (χ0v) is 50.6. The molecule has 0 bridgehead atoms. The van der Waals surface area contributed by atoms with E-state index in [1.165, 1.54) is 106 Å². The second-order valence-corrected chi connectivity index (χ2v) is 21.0. The number of carbonyl (C=O) groups is 5. The van der Waals surface area contributed by atoms with Gasteiger partial charge in [-0.05, 0) is 142 Å². The average molecular weight is 1210 g/mol. The summed E-state index contributed by atoms with van der Waals surface area (Å²) in [6.45, 7) is 9.25. The van der Waals surface area contributed by atoms with Crippen LogP contribution in [0.15, 0.2) is 146 Å². The monoisotopic (exact) mass is 1210 g/mol. The highest BCUT2D eigenvalue weighted by Crippen LogP contribution is 2.26. The van der Waals surface area contributed by atoms with Gasteiger partial charge in [-0.2, -0.15) is 0 Å². The van der Waals surface area contributed by atoms with E-state index in [2.05, 4.69) is 18.3 Å². The summed E-state index contributed by atoms with van der Waals surface area (Å²) in [4.78, 5) is 74.0. The molecule has 0 aromatic heterocycles. The molecular formula is C69H85N3O16. The van der Waals surface area contributed by atoms with Crippen molar-refractivity contribution in [3.63, 3.8) is 0 Å². The first-order valence-electron chi connectivity index (χ1n) is 30.9. The molecule has 472 valence electrons. The Labute approximate surface area is 516 Å². The van der Waals surface area contributed by atoms with Crippen LogP contribution >= 0.6 is 0 Å². The van der Waals surface area contributed by atoms with Crippen molar-refractivity contribution in [2.45, 2.75) is 154 Å². The van der Waals surface area contributed by atoms with Crippen LogP contribution in [-0.4, -0.2) is 79.3 Å². The molecule has 0 atom stereocenters. The summed E-state index contributed by atoms with van der Waals surface area (Å²) < 4.78 is 44.8. The summed E-state index contributed by atoms with van der Waals surface area (Å²) in [5.74, 6) is -0.812. The van der Waals surface area contributed by atoms with E-state index in [4.69, 9.17) is 37.9 Å². The Morgan fingerprint density at radius 3 is 1.11 bits per heavy atom. The lowest BCUT2D eigenvalue weighted by Crippen LogP contribution is -2.18. The van der Waals surface area contributed by atoms with Crippen LogP contribution in [0, 0.1) is 15.3 Å². The van der Waals surface area contributed by atoms with Gasteiger partial charge in [0.25, 0.3) is 5.69 Å². The molecule has 19 nitrogen and oxygen atoms in total. The van der Waals surface area contributed by atoms with Crippen molar-refractivity contribution in [1.82, 2.24) is 0 Å². The fraction of sp³-hybridized carbons (Fsp3) is 0.435. The van der Waals surface area contributed by atoms with Crippen molar-refractivity contribution in [3.05, 3.63) is 173 Å². The zero-order valence-electron chi connectivity index (χ0n) is 50.6. The van der Waals surface area contributed by atoms with Crippen LogP contribution in [0.5, 0.6) is 28.7 Å². The number of nitrogens with zero attached hydrogens (tertiary/aromatic N) is 3. The molecule has 0 N–H and O–H groups in total. The van der Waals surface area contributed by atoms with Gasteiger partial charge in [-0.3, -0.25) is 10.1 Å². The molecule has 5 aromatic carbocycles. The maximum atomic E-state index is 13.8. The lowest BCUT2D eigenvalue weighted by molar-refractivity contribution is -0.435. The van der Waals surface area contributed by atoms with Crippen molar-refractivity contribution in [3.8, 4) is 28.7 Å². The van der Waals surface area contributed by atoms with Crippen LogP contribution < -0.4 is 23.7 Å². The van der Waals surface area contributed by atoms with Gasteiger partial charge in [0.05, 0.1) is 61.3 Å². The molecular weight excluding hydrogens is 1130 g/mol. The second kappa shape index (κ2) is 42.1. The Morgan fingerprint density at radius 2 is 0.716 bits per heavy atom. The smallest absolute Gasteiger partial charge is 0.344 e. The first-order valence-corrected chi connectivity index (χ1v) is 30.9. The average Bonchev–Trinajstić information content (AvgIpc) is 3.66. The molecule has 0 unspecified atom stereocenters. The van der Waals surface area contributed by atoms with E-state index in [0.717, 1.165) is 83.5 Å². The number of nitro groups is 1. The van der Waals surface area contributed by atoms with Crippen molar-refractivity contribution < 1.29 is 71.7 Å². The topological polar surface area (TPSA) is 241 Å². The molecule has 0 fully saturated rings. The number of non-ortho nitro benzene ring substituents is 1. The molecule has 5 rings (SSSR count). The number of benzene rings is 5. The van der Waals surface area contributed by atoms with E-state index >= 15 is 0 Å². The molecule has 88 heavy (non-hydrogen) atoms. The molecule has 0 spiro atoms. The van der Waals surface area contributed by atoms with Crippen LogP contribution in [0.4, 0.5) is 17.1 Å². The van der Waals surface area contributed by atoms with Crippen molar-refractivity contribution >= 4 is 46.9 Å². The Kier molecular flexibility index (Phi) is 33.4. The van der Waals surface area contributed by atoms with Crippen molar-refractivity contribution in [2.24, 2.45) is 5.11 Å². The van der Waals surface area contributed by atoms with Gasteiger partial charge in [0.15, 0.2) is 0 Å². The number of nitro benzene ring substituents is 1. The van der Waals surface area contributed by atoms with Gasteiger partial charge in [-0.25, -0.2) is 24.0 Å². The van der Waals surface area contributed by atoms with Crippen LogP contribution in [0.2, 0.25) is 0 Å². The third-order valence-electron chi connectivity index (χ3n) is 14.1. The van der Waals surface area contributed by atoms with Crippen molar-refractivity contribution in [2.75, 3.05) is 39.6 Å². The quantitative estimate of drug-likeness (QED) is 0.00405. The fourth-order valence-corrected chi connectivity index (χ4v) is 9.10. The second-order valence-electron chi connectivity index (χ2n) is 21.0. The number of esters is 5. The first-order chi connectivity index (χ1) is 42.9. The standard InChI is InChI=1S/C69H85N3O16/c1-3-65(73)84-50-26-19-15-11-7-5-9-13-17-23-47-82-59-38-42-61(43-39-59)87-67(75)54-29-46-63(69(77)88-62-44-40-60(41-45-62)83-48-24-18-14-10-6-8-12-16-20-27-51-85-66(74)4-2)64(53-54)68(76)86-52-28-22-21-25-49-81-58-36-30-55(31-37-58)70-71(78)56-32-34-57(35-33-56)72(79)80/h3-4,29-46,53H,1-2,5-28,47-52H2. The van der Waals surface area contributed by atoms with Crippen LogP contribution in [0.3, 0.4) is 0 Å². The number of rotatable bonds is 46. The maximum Gasteiger partial charge on any atom is 0.344 e. The van der Waals surface area contributed by atoms with Gasteiger partial charge < -0.3 is 43.1 Å². The highest BCUT2D eigenvalue weighted by atomic mass is 16.6. The van der Waals surface area contributed by atoms with Gasteiger partial charge in [0.1, 0.15) is 34.4 Å². The molecule has 5 aromatic rings. The van der Waals surface area contributed by atoms with E-state index < -0.39 is 22.8 Å². The SMILES string of the molecule is C=CC(=O)OCCCCCCCCCCCCOc1ccc(OC(=O)c2ccc(C(=O)Oc3ccc(OCCCCCCCCCCCCOC(=O)C=C)cc3)c(C(=O)OCCCCCCOc3ccc(N=[N+]([O-])c4ccc([N+](=O)[O-])cc4)cc3)c2)cc1. The van der Waals surface area contributed by atoms with E-state index in [1.807, 2.05) is 0 Å². The van der Waals surface area contributed by atoms with Gasteiger partial charge in [-0.15, -0.1) is 0 Å². The molecule has 0 saturated carbocycles. The van der Waals surface area contributed by atoms with E-state index in [1.54, 1.807) is 72.8 Å². The molecule has 0 radical (unpaired) electrons. The molecule has 0 amide bonds. The molecule has 0 aliphatic heterocycles. The van der Waals surface area contributed by atoms with E-state index in [0.29, 0.717) is 80.1 Å². The van der Waals surface area contributed by atoms with E-state index in [-0.39, 0.29) is 58.1 Å². The lowest BCUT2D eigenvalue weighted by Gasteiger charge is -2.12. The molecule has 0 aliphatic rings. The number of carbonyl (C=O) groups excluding carboxylic acids is 5. The molecule has 0 saturated heterocycles. The zero-order chi connectivity index (χ0) is 62.8. The third kappa shape index (κ3) is 28.6. The third-order valence-corrected chi connectivity index (χ3v) is 14.1. The summed E-state index contributed by atoms with van der Waals surface area (Å²) in [7, 11) is 0. The fourth-order valence-electron chi connectivity index (χ4n) is 9.10.